The highest BCUT2D eigenvalue weighted by atomic mass is 19.1. The smallest absolute Gasteiger partial charge is 0.166 e. The maximum absolute atomic E-state index is 13.1. The first-order valence-corrected chi connectivity index (χ1v) is 4.80. The number of methoxy groups -OCH3 is 1. The number of ketones is 1. The molecule has 1 unspecified atom stereocenters. The van der Waals surface area contributed by atoms with Crippen LogP contribution in [0.3, 0.4) is 0 Å². The SMILES string of the molecule is COC(C)CCC(=O)c1ccncc1F. The molecule has 0 bridgehead atoms. The van der Waals surface area contributed by atoms with Crippen LogP contribution in [0.2, 0.25) is 0 Å². The Kier molecular flexibility index (Phi) is 4.37. The number of hydrogen-bond donors (Lipinski definition) is 0. The van der Waals surface area contributed by atoms with E-state index in [1.54, 1.807) is 7.11 Å². The summed E-state index contributed by atoms with van der Waals surface area (Å²) in [6.45, 7) is 1.87. The van der Waals surface area contributed by atoms with Gasteiger partial charge in [-0.25, -0.2) is 4.39 Å². The van der Waals surface area contributed by atoms with Crippen LogP contribution in [0.1, 0.15) is 30.1 Å². The zero-order valence-electron chi connectivity index (χ0n) is 8.87. The summed E-state index contributed by atoms with van der Waals surface area (Å²) in [5.41, 5.74) is 0.105. The van der Waals surface area contributed by atoms with E-state index in [4.69, 9.17) is 4.74 Å². The van der Waals surface area contributed by atoms with Crippen LogP contribution < -0.4 is 0 Å². The zero-order valence-corrected chi connectivity index (χ0v) is 8.87. The maximum Gasteiger partial charge on any atom is 0.166 e. The molecule has 0 N–H and O–H groups in total. The van der Waals surface area contributed by atoms with Crippen molar-refractivity contribution in [2.75, 3.05) is 7.11 Å². The Hall–Kier alpha value is -1.29. The first kappa shape index (κ1) is 11.8. The van der Waals surface area contributed by atoms with Crippen molar-refractivity contribution in [1.29, 1.82) is 0 Å². The summed E-state index contributed by atoms with van der Waals surface area (Å²) in [6, 6.07) is 1.40. The van der Waals surface area contributed by atoms with Gasteiger partial charge in [0.25, 0.3) is 0 Å². The lowest BCUT2D eigenvalue weighted by molar-refractivity contribution is 0.0874. The summed E-state index contributed by atoms with van der Waals surface area (Å²) in [5, 5.41) is 0. The second kappa shape index (κ2) is 5.56. The van der Waals surface area contributed by atoms with Crippen LogP contribution in [-0.2, 0) is 4.74 Å². The molecule has 0 spiro atoms. The zero-order chi connectivity index (χ0) is 11.3. The van der Waals surface area contributed by atoms with Gasteiger partial charge in [0.05, 0.1) is 17.9 Å². The third-order valence-electron chi connectivity index (χ3n) is 2.25. The number of aromatic nitrogens is 1. The average Bonchev–Trinajstić information content (AvgIpc) is 2.26. The van der Waals surface area contributed by atoms with E-state index < -0.39 is 5.82 Å². The number of nitrogens with zero attached hydrogens (tertiary/aromatic N) is 1. The minimum absolute atomic E-state index is 0.0128. The van der Waals surface area contributed by atoms with Crippen LogP contribution in [0, 0.1) is 5.82 Å². The lowest BCUT2D eigenvalue weighted by atomic mass is 10.1. The standard InChI is InChI=1S/C11H14FNO2/c1-8(15-2)3-4-11(14)9-5-6-13-7-10(9)12/h5-8H,3-4H2,1-2H3. The molecule has 1 heterocycles. The van der Waals surface area contributed by atoms with Crippen LogP contribution in [-0.4, -0.2) is 24.0 Å². The fourth-order valence-electron chi connectivity index (χ4n) is 1.19. The van der Waals surface area contributed by atoms with E-state index in [1.165, 1.54) is 12.3 Å². The van der Waals surface area contributed by atoms with Crippen molar-refractivity contribution in [3.8, 4) is 0 Å². The predicted molar refractivity (Wildman–Crippen MR) is 54.2 cm³/mol. The fraction of sp³-hybridized carbons (Fsp3) is 0.455. The van der Waals surface area contributed by atoms with Crippen LogP contribution in [0.5, 0.6) is 0 Å². The highest BCUT2D eigenvalue weighted by Crippen LogP contribution is 2.10. The number of Topliss-reactive ketones (excluding diaryl/α,β-unsaturated/α-hetero) is 1. The molecular formula is C11H14FNO2. The van der Waals surface area contributed by atoms with Crippen molar-refractivity contribution in [3.05, 3.63) is 29.8 Å². The van der Waals surface area contributed by atoms with Gasteiger partial charge in [-0.2, -0.15) is 0 Å². The molecule has 0 aromatic carbocycles. The van der Waals surface area contributed by atoms with Gasteiger partial charge in [0.1, 0.15) is 0 Å². The summed E-state index contributed by atoms with van der Waals surface area (Å²) in [7, 11) is 1.59. The molecule has 1 aromatic heterocycles. The lowest BCUT2D eigenvalue weighted by Crippen LogP contribution is -2.09. The molecule has 0 radical (unpaired) electrons. The van der Waals surface area contributed by atoms with Crippen molar-refractivity contribution >= 4 is 5.78 Å². The average molecular weight is 211 g/mol. The molecule has 0 aliphatic carbocycles. The maximum atomic E-state index is 13.1. The van der Waals surface area contributed by atoms with Crippen LogP contribution in [0.15, 0.2) is 18.5 Å². The lowest BCUT2D eigenvalue weighted by Gasteiger charge is -2.08. The highest BCUT2D eigenvalue weighted by Gasteiger charge is 2.12. The molecule has 0 amide bonds. The van der Waals surface area contributed by atoms with Gasteiger partial charge in [-0.05, 0) is 19.4 Å². The quantitative estimate of drug-likeness (QED) is 0.701. The highest BCUT2D eigenvalue weighted by molar-refractivity contribution is 5.96. The summed E-state index contributed by atoms with van der Waals surface area (Å²) in [6.07, 6.45) is 3.36. The van der Waals surface area contributed by atoms with Gasteiger partial charge in [0, 0.05) is 19.7 Å². The Bertz CT molecular complexity index is 341. The number of rotatable bonds is 5. The molecule has 0 aliphatic rings. The largest absolute Gasteiger partial charge is 0.382 e. The molecule has 1 atom stereocenters. The number of hydrogen-bond acceptors (Lipinski definition) is 3. The number of pyridine rings is 1. The van der Waals surface area contributed by atoms with E-state index in [1.807, 2.05) is 6.92 Å². The van der Waals surface area contributed by atoms with Gasteiger partial charge in [-0.1, -0.05) is 0 Å². The van der Waals surface area contributed by atoms with Gasteiger partial charge in [0.15, 0.2) is 11.6 Å². The van der Waals surface area contributed by atoms with Gasteiger partial charge < -0.3 is 4.74 Å². The van der Waals surface area contributed by atoms with Crippen molar-refractivity contribution in [2.45, 2.75) is 25.9 Å². The van der Waals surface area contributed by atoms with Crippen LogP contribution >= 0.6 is 0 Å². The Morgan fingerprint density at radius 3 is 3.00 bits per heavy atom. The number of halogens is 1. The van der Waals surface area contributed by atoms with Crippen molar-refractivity contribution < 1.29 is 13.9 Å². The molecule has 1 aromatic rings. The summed E-state index contributed by atoms with van der Waals surface area (Å²) < 4.78 is 18.1. The third kappa shape index (κ3) is 3.40. The molecule has 0 aliphatic heterocycles. The Balaban J connectivity index is 2.58. The number of ether oxygens (including phenoxy) is 1. The summed E-state index contributed by atoms with van der Waals surface area (Å²) in [5.74, 6) is -0.772. The van der Waals surface area contributed by atoms with Crippen molar-refractivity contribution in [3.63, 3.8) is 0 Å². The normalized spacial score (nSPS) is 12.5. The van der Waals surface area contributed by atoms with Crippen molar-refractivity contribution in [2.24, 2.45) is 0 Å². The van der Waals surface area contributed by atoms with Crippen molar-refractivity contribution in [1.82, 2.24) is 4.98 Å². The number of carbonyl (C=O) groups excluding carboxylic acids is 1. The van der Waals surface area contributed by atoms with Crippen LogP contribution in [0.25, 0.3) is 0 Å². The molecule has 4 heteroatoms. The number of carbonyl (C=O) groups is 1. The summed E-state index contributed by atoms with van der Waals surface area (Å²) in [4.78, 5) is 15.1. The first-order chi connectivity index (χ1) is 7.15. The van der Waals surface area contributed by atoms with E-state index in [-0.39, 0.29) is 23.9 Å². The fourth-order valence-corrected chi connectivity index (χ4v) is 1.19. The molecule has 15 heavy (non-hydrogen) atoms. The third-order valence-corrected chi connectivity index (χ3v) is 2.25. The molecule has 82 valence electrons. The molecule has 3 nitrogen and oxygen atoms in total. The van der Waals surface area contributed by atoms with Gasteiger partial charge in [-0.3, -0.25) is 9.78 Å². The topological polar surface area (TPSA) is 39.2 Å². The molecule has 0 saturated carbocycles. The van der Waals surface area contributed by atoms with E-state index in [9.17, 15) is 9.18 Å². The van der Waals surface area contributed by atoms with E-state index in [0.717, 1.165) is 6.20 Å². The van der Waals surface area contributed by atoms with Crippen LogP contribution in [0.4, 0.5) is 4.39 Å². The van der Waals surface area contributed by atoms with E-state index in [2.05, 4.69) is 4.98 Å². The predicted octanol–water partition coefficient (Wildman–Crippen LogP) is 2.22. The van der Waals surface area contributed by atoms with Gasteiger partial charge in [0.2, 0.25) is 0 Å². The molecule has 0 saturated heterocycles. The minimum Gasteiger partial charge on any atom is -0.382 e. The van der Waals surface area contributed by atoms with E-state index >= 15 is 0 Å². The van der Waals surface area contributed by atoms with Gasteiger partial charge >= 0.3 is 0 Å². The van der Waals surface area contributed by atoms with Gasteiger partial charge in [-0.15, -0.1) is 0 Å². The second-order valence-corrected chi connectivity index (χ2v) is 3.36. The minimum atomic E-state index is -0.562. The Labute approximate surface area is 88.3 Å². The summed E-state index contributed by atoms with van der Waals surface area (Å²) >= 11 is 0. The van der Waals surface area contributed by atoms with E-state index in [0.29, 0.717) is 6.42 Å². The Morgan fingerprint density at radius 1 is 1.67 bits per heavy atom. The monoisotopic (exact) mass is 211 g/mol. The molecule has 0 fully saturated rings. The second-order valence-electron chi connectivity index (χ2n) is 3.36. The molecule has 1 rings (SSSR count). The Morgan fingerprint density at radius 2 is 2.40 bits per heavy atom. The first-order valence-electron chi connectivity index (χ1n) is 4.80. The molecular weight excluding hydrogens is 197 g/mol.